The van der Waals surface area contributed by atoms with Crippen LogP contribution in [0.1, 0.15) is 170 Å². The first-order chi connectivity index (χ1) is 45.9. The highest BCUT2D eigenvalue weighted by Gasteiger charge is 2.47. The second-order valence-corrected chi connectivity index (χ2v) is 28.5. The van der Waals surface area contributed by atoms with Gasteiger partial charge >= 0.3 is 11.9 Å². The number of nitrogens with one attached hydrogen (secondary N) is 5. The smallest absolute Gasteiger partial charge is 0.328 e. The van der Waals surface area contributed by atoms with Gasteiger partial charge in [0.25, 0.3) is 0 Å². The van der Waals surface area contributed by atoms with Gasteiger partial charge in [0.1, 0.15) is 73.1 Å². The predicted octanol–water partition coefficient (Wildman–Crippen LogP) is 3.62. The van der Waals surface area contributed by atoms with Gasteiger partial charge in [-0.2, -0.15) is 0 Å². The Labute approximate surface area is 591 Å². The molecule has 14 atom stereocenters. The van der Waals surface area contributed by atoms with Gasteiger partial charge in [0, 0.05) is 76.2 Å². The van der Waals surface area contributed by atoms with E-state index >= 15 is 14.4 Å². The number of nitrogens with zero attached hydrogens (tertiary/aromatic N) is 7. The average Bonchev–Trinajstić information content (AvgIpc) is 0.802. The Kier molecular flexibility index (Phi) is 40.9. The molecular weight excluding hydrogens is 1280 g/mol. The van der Waals surface area contributed by atoms with Crippen molar-refractivity contribution in [1.82, 2.24) is 60.9 Å². The SMILES string of the molecule is C/C=C/C[C@@H](C)[C@@H](OC(C)=O)[C@@H](C(=O)N[C@@H](CC)C(=O)OCCN(C)C(C)=O)N(C)C(=O)[C@H](C(C)C)N(C)C(=O)[C@H](CC(C)C)N(C)C(=O)[C@H](CC(C)C)N(C)C(=O)[C@@H](C)NC(=O)[C@H](C)NC(=O)[C@H](CC(C)C)N(C)C(=O)[C@@H](NC(=O)[C@H]([C@H](C)COC)N(C)C(=O)[C@@H](CC)NC)C(C)C. The van der Waals surface area contributed by atoms with Crippen LogP contribution in [0.4, 0.5) is 0 Å². The Bertz CT molecular complexity index is 2700. The maximum Gasteiger partial charge on any atom is 0.328 e. The van der Waals surface area contributed by atoms with E-state index in [2.05, 4.69) is 26.6 Å². The van der Waals surface area contributed by atoms with Gasteiger partial charge in [-0.25, -0.2) is 4.79 Å². The molecule has 0 aliphatic rings. The summed E-state index contributed by atoms with van der Waals surface area (Å²) in [6.45, 7) is 32.3. The van der Waals surface area contributed by atoms with Crippen LogP contribution in [0.5, 0.6) is 0 Å². The Morgan fingerprint density at radius 1 is 0.465 bits per heavy atom. The highest BCUT2D eigenvalue weighted by Crippen LogP contribution is 2.27. The quantitative estimate of drug-likeness (QED) is 0.0430. The number of methoxy groups -OCH3 is 1. The number of carbonyl (C=O) groups is 13. The maximum atomic E-state index is 15.3. The fourth-order valence-corrected chi connectivity index (χ4v) is 11.9. The van der Waals surface area contributed by atoms with Gasteiger partial charge in [-0.1, -0.05) is 109 Å². The van der Waals surface area contributed by atoms with Crippen molar-refractivity contribution < 1.29 is 76.5 Å². The molecule has 0 bridgehead atoms. The summed E-state index contributed by atoms with van der Waals surface area (Å²) >= 11 is 0. The highest BCUT2D eigenvalue weighted by molar-refractivity contribution is 5.99. The highest BCUT2D eigenvalue weighted by atomic mass is 16.5. The molecule has 0 spiro atoms. The third-order valence-electron chi connectivity index (χ3n) is 18.0. The van der Waals surface area contributed by atoms with Crippen LogP contribution >= 0.6 is 0 Å². The molecule has 0 saturated carbocycles. The molecule has 28 nitrogen and oxygen atoms in total. The average molecular weight is 1410 g/mol. The second kappa shape index (κ2) is 44.1. The van der Waals surface area contributed by atoms with Crippen LogP contribution in [0.25, 0.3) is 0 Å². The number of ether oxygens (including phenoxy) is 3. The zero-order chi connectivity index (χ0) is 77.0. The minimum atomic E-state index is -1.56. The Morgan fingerprint density at radius 3 is 1.36 bits per heavy atom. The van der Waals surface area contributed by atoms with E-state index in [0.717, 1.165) is 4.90 Å². The van der Waals surface area contributed by atoms with Crippen molar-refractivity contribution in [2.75, 3.05) is 83.2 Å². The molecule has 99 heavy (non-hydrogen) atoms. The molecule has 11 amide bonds. The summed E-state index contributed by atoms with van der Waals surface area (Å²) in [5.41, 5.74) is 0. The number of allylic oxidation sites excluding steroid dienone is 2. The zero-order valence-corrected chi connectivity index (χ0v) is 65.2. The van der Waals surface area contributed by atoms with Crippen molar-refractivity contribution in [2.24, 2.45) is 41.4 Å². The molecule has 0 aliphatic carbocycles. The van der Waals surface area contributed by atoms with E-state index in [4.69, 9.17) is 14.2 Å². The van der Waals surface area contributed by atoms with Crippen LogP contribution in [-0.4, -0.2) is 267 Å². The van der Waals surface area contributed by atoms with Gasteiger partial charge in [0.2, 0.25) is 65.0 Å². The molecule has 5 N–H and O–H groups in total. The first-order valence-electron chi connectivity index (χ1n) is 35.0. The summed E-state index contributed by atoms with van der Waals surface area (Å²) in [5, 5.41) is 13.9. The van der Waals surface area contributed by atoms with Gasteiger partial charge in [-0.15, -0.1) is 0 Å². The first-order valence-corrected chi connectivity index (χ1v) is 35.0. The summed E-state index contributed by atoms with van der Waals surface area (Å²) in [6.07, 6.45) is 3.54. The molecule has 568 valence electrons. The molecule has 0 aromatic rings. The van der Waals surface area contributed by atoms with E-state index in [-0.39, 0.29) is 75.0 Å². The fourth-order valence-electron chi connectivity index (χ4n) is 11.9. The first kappa shape index (κ1) is 91.8. The van der Waals surface area contributed by atoms with Gasteiger partial charge in [-0.05, 0) is 102 Å². The number of carbonyl (C=O) groups excluding carboxylic acids is 13. The van der Waals surface area contributed by atoms with Crippen LogP contribution in [0.3, 0.4) is 0 Å². The van der Waals surface area contributed by atoms with E-state index in [0.29, 0.717) is 12.8 Å². The molecular formula is C71H128N12O16. The second-order valence-electron chi connectivity index (χ2n) is 28.5. The number of hydrogen-bond donors (Lipinski definition) is 5. The van der Waals surface area contributed by atoms with E-state index in [1.807, 2.05) is 54.5 Å². The van der Waals surface area contributed by atoms with Crippen molar-refractivity contribution in [1.29, 1.82) is 0 Å². The lowest BCUT2D eigenvalue weighted by atomic mass is 9.91. The molecule has 0 radical (unpaired) electrons. The molecule has 0 unspecified atom stereocenters. The largest absolute Gasteiger partial charge is 0.462 e. The van der Waals surface area contributed by atoms with Gasteiger partial charge < -0.3 is 75.1 Å². The summed E-state index contributed by atoms with van der Waals surface area (Å²) in [7, 11) is 13.3. The molecule has 0 rings (SSSR count). The monoisotopic (exact) mass is 1400 g/mol. The lowest BCUT2D eigenvalue weighted by Gasteiger charge is -2.42. The number of rotatable bonds is 43. The Hall–Kier alpha value is -7.23. The lowest BCUT2D eigenvalue weighted by Crippen LogP contribution is -2.63. The lowest BCUT2D eigenvalue weighted by molar-refractivity contribution is -0.164. The summed E-state index contributed by atoms with van der Waals surface area (Å²) < 4.78 is 16.7. The summed E-state index contributed by atoms with van der Waals surface area (Å²) in [5.74, 6) is -10.9. The number of amides is 11. The maximum absolute atomic E-state index is 15.3. The third-order valence-corrected chi connectivity index (χ3v) is 18.0. The van der Waals surface area contributed by atoms with Gasteiger partial charge in [0.05, 0.1) is 19.2 Å². The van der Waals surface area contributed by atoms with Crippen LogP contribution in [0.2, 0.25) is 0 Å². The normalized spacial score (nSPS) is 15.9. The van der Waals surface area contributed by atoms with Crippen LogP contribution in [0, 0.1) is 41.4 Å². The third kappa shape index (κ3) is 28.0. The van der Waals surface area contributed by atoms with Crippen LogP contribution in [-0.2, 0) is 76.5 Å². The van der Waals surface area contributed by atoms with Crippen molar-refractivity contribution in [3.8, 4) is 0 Å². The van der Waals surface area contributed by atoms with Crippen molar-refractivity contribution in [3.05, 3.63) is 12.2 Å². The molecule has 0 heterocycles. The zero-order valence-electron chi connectivity index (χ0n) is 65.2. The molecule has 0 aliphatic heterocycles. The Morgan fingerprint density at radius 2 is 0.919 bits per heavy atom. The molecule has 0 fully saturated rings. The summed E-state index contributed by atoms with van der Waals surface area (Å²) in [6, 6.07) is -12.9. The Balaban J connectivity index is 7.19. The topological polar surface area (TPSA) is 332 Å². The number of esters is 2. The molecule has 28 heteroatoms. The van der Waals surface area contributed by atoms with Crippen molar-refractivity contribution >= 4 is 76.9 Å². The minimum Gasteiger partial charge on any atom is -0.462 e. The van der Waals surface area contributed by atoms with Gasteiger partial charge in [-0.3, -0.25) is 57.5 Å². The van der Waals surface area contributed by atoms with Crippen LogP contribution < -0.4 is 26.6 Å². The molecule has 0 aromatic carbocycles. The number of likely N-dealkylation sites (N-methyl/N-ethyl adjacent to an activating group) is 8. The molecule has 0 aromatic heterocycles. The van der Waals surface area contributed by atoms with Crippen molar-refractivity contribution in [3.63, 3.8) is 0 Å². The standard InChI is InChI=1S/C71H128N12O16/c1-29-32-33-45(14)60(99-50(19)85)59(64(89)75-52(31-3)71(96)98-35-34-77(21)49(18)84)83(27)70(95)57(44(12)13)81(25)68(93)55(38-42(8)9)80(24)67(92)54(37-41(6)7)79(23)65(90)48(17)74-61(86)47(16)73-62(87)53(36-40(4)5)78(22)69(94)56(43(10)11)76-63(88)58(46(15)39-97-28)82(26)66(91)51(30-2)72-20/h29,32,40-48,51-60,72H,30-31,33-39H2,1-28H3,(H,73,87)(H,74,86)(H,75,89)(H,76,88)/b32-29+/t45-,46-,47+,48-,51-,52+,53+,54+,55+,56+,57+,58+,59+,60-/m1/s1. The predicted molar refractivity (Wildman–Crippen MR) is 379 cm³/mol. The van der Waals surface area contributed by atoms with E-state index in [1.165, 1.54) is 106 Å². The van der Waals surface area contributed by atoms with E-state index in [1.54, 1.807) is 75.6 Å². The minimum absolute atomic E-state index is 0.0635. The fraction of sp³-hybridized carbons (Fsp3) is 0.789. The summed E-state index contributed by atoms with van der Waals surface area (Å²) in [4.78, 5) is 193. The van der Waals surface area contributed by atoms with E-state index < -0.39 is 161 Å². The van der Waals surface area contributed by atoms with Crippen LogP contribution in [0.15, 0.2) is 12.2 Å². The van der Waals surface area contributed by atoms with Crippen molar-refractivity contribution in [2.45, 2.75) is 243 Å². The number of hydrogen-bond acceptors (Lipinski definition) is 17. The molecule has 0 saturated heterocycles. The van der Waals surface area contributed by atoms with E-state index in [9.17, 15) is 47.9 Å². The van der Waals surface area contributed by atoms with Gasteiger partial charge in [0.15, 0.2) is 0 Å².